The lowest BCUT2D eigenvalue weighted by molar-refractivity contribution is -0.307. The van der Waals surface area contributed by atoms with Crippen LogP contribution in [0.15, 0.2) is 27.4 Å². The molecule has 28 heavy (non-hydrogen) atoms. The van der Waals surface area contributed by atoms with Crippen molar-refractivity contribution in [2.45, 2.75) is 39.2 Å². The van der Waals surface area contributed by atoms with Gasteiger partial charge in [0.1, 0.15) is 11.3 Å². The van der Waals surface area contributed by atoms with Crippen molar-refractivity contribution in [1.29, 1.82) is 0 Å². The van der Waals surface area contributed by atoms with Gasteiger partial charge in [-0.25, -0.2) is 4.79 Å². The average molecular weight is 406 g/mol. The van der Waals surface area contributed by atoms with Gasteiger partial charge in [-0.15, -0.1) is 0 Å². The summed E-state index contributed by atoms with van der Waals surface area (Å²) in [4.78, 5) is 35.1. The summed E-state index contributed by atoms with van der Waals surface area (Å²) in [5.74, 6) is -1.28. The minimum absolute atomic E-state index is 0.202. The van der Waals surface area contributed by atoms with Crippen LogP contribution < -0.4 is 20.8 Å². The first kappa shape index (κ1) is 21.8. The molecule has 1 amide bonds. The lowest BCUT2D eigenvalue weighted by Crippen LogP contribution is -2.50. The number of unbranched alkanes of at least 4 members (excludes halogenated alkanes) is 1. The quantitative estimate of drug-likeness (QED) is 0.594. The standard InChI is InChI=1S/C20H25NO6S/c1-4-5-6-13-9-18(23)27-16-8-12(2)7-15(19(13)16)26-10-17(22)21-14(11-28-3)20(24)25/h7-9,14H,4-6,10-11H2,1-3H3,(H,21,22)(H,24,25)/p-1/t14-/m0/s1. The number of carboxylic acid groups (broad SMARTS) is 1. The molecule has 0 aliphatic heterocycles. The van der Waals surface area contributed by atoms with Crippen molar-refractivity contribution in [2.24, 2.45) is 0 Å². The van der Waals surface area contributed by atoms with Crippen LogP contribution in [0.25, 0.3) is 11.0 Å². The predicted molar refractivity (Wildman–Crippen MR) is 107 cm³/mol. The third kappa shape index (κ3) is 5.76. The Morgan fingerprint density at radius 3 is 2.71 bits per heavy atom. The van der Waals surface area contributed by atoms with E-state index in [-0.39, 0.29) is 12.4 Å². The lowest BCUT2D eigenvalue weighted by atomic mass is 10.0. The van der Waals surface area contributed by atoms with Gasteiger partial charge < -0.3 is 24.4 Å². The topological polar surface area (TPSA) is 109 Å². The van der Waals surface area contributed by atoms with E-state index in [9.17, 15) is 19.5 Å². The number of carboxylic acids is 1. The number of benzene rings is 1. The second kappa shape index (κ2) is 10.2. The molecule has 0 bridgehead atoms. The molecule has 1 atom stereocenters. The number of thioether (sulfide) groups is 1. The van der Waals surface area contributed by atoms with Crippen molar-refractivity contribution in [3.8, 4) is 5.75 Å². The molecule has 0 spiro atoms. The van der Waals surface area contributed by atoms with Crippen LogP contribution in [0.2, 0.25) is 0 Å². The molecule has 1 N–H and O–H groups in total. The molecule has 8 heteroatoms. The lowest BCUT2D eigenvalue weighted by Gasteiger charge is -2.19. The van der Waals surface area contributed by atoms with Crippen LogP contribution in [0, 0.1) is 6.92 Å². The summed E-state index contributed by atoms with van der Waals surface area (Å²) < 4.78 is 11.0. The van der Waals surface area contributed by atoms with Crippen LogP contribution in [-0.4, -0.2) is 36.5 Å². The Balaban J connectivity index is 2.27. The second-order valence-corrected chi connectivity index (χ2v) is 7.42. The van der Waals surface area contributed by atoms with Gasteiger partial charge in [-0.2, -0.15) is 11.8 Å². The van der Waals surface area contributed by atoms with E-state index >= 15 is 0 Å². The van der Waals surface area contributed by atoms with Gasteiger partial charge in [-0.1, -0.05) is 13.3 Å². The molecule has 1 aromatic heterocycles. The summed E-state index contributed by atoms with van der Waals surface area (Å²) in [6, 6.07) is 3.89. The number of hydrogen-bond donors (Lipinski definition) is 1. The highest BCUT2D eigenvalue weighted by molar-refractivity contribution is 7.98. The van der Waals surface area contributed by atoms with E-state index in [1.54, 1.807) is 18.4 Å². The van der Waals surface area contributed by atoms with Crippen LogP contribution in [0.5, 0.6) is 5.75 Å². The fourth-order valence-corrected chi connectivity index (χ4v) is 3.42. The predicted octanol–water partition coefficient (Wildman–Crippen LogP) is 1.42. The summed E-state index contributed by atoms with van der Waals surface area (Å²) >= 11 is 1.29. The van der Waals surface area contributed by atoms with E-state index in [2.05, 4.69) is 12.2 Å². The van der Waals surface area contributed by atoms with Crippen molar-refractivity contribution < 1.29 is 23.8 Å². The third-order valence-electron chi connectivity index (χ3n) is 4.15. The first-order valence-corrected chi connectivity index (χ1v) is 10.4. The molecular formula is C20H24NO6S-. The van der Waals surface area contributed by atoms with Crippen molar-refractivity contribution in [3.63, 3.8) is 0 Å². The first-order chi connectivity index (χ1) is 13.3. The van der Waals surface area contributed by atoms with E-state index in [1.165, 1.54) is 17.8 Å². The fourth-order valence-electron chi connectivity index (χ4n) is 2.86. The van der Waals surface area contributed by atoms with Crippen LogP contribution in [0.1, 0.15) is 30.9 Å². The summed E-state index contributed by atoms with van der Waals surface area (Å²) in [7, 11) is 0. The number of amides is 1. The Morgan fingerprint density at radius 1 is 1.32 bits per heavy atom. The van der Waals surface area contributed by atoms with Crippen molar-refractivity contribution in [3.05, 3.63) is 39.7 Å². The summed E-state index contributed by atoms with van der Waals surface area (Å²) in [5.41, 5.74) is 1.60. The van der Waals surface area contributed by atoms with Crippen LogP contribution >= 0.6 is 11.8 Å². The maximum absolute atomic E-state index is 12.1. The smallest absolute Gasteiger partial charge is 0.336 e. The van der Waals surface area contributed by atoms with E-state index in [0.29, 0.717) is 23.1 Å². The molecule has 1 heterocycles. The Labute approximate surface area is 167 Å². The molecule has 0 aliphatic rings. The molecule has 2 rings (SSSR count). The van der Waals surface area contributed by atoms with Crippen LogP contribution in [-0.2, 0) is 16.0 Å². The number of rotatable bonds is 10. The normalized spacial score (nSPS) is 12.0. The van der Waals surface area contributed by atoms with Gasteiger partial charge in [0.25, 0.3) is 5.91 Å². The van der Waals surface area contributed by atoms with Crippen LogP contribution in [0.3, 0.4) is 0 Å². The maximum Gasteiger partial charge on any atom is 0.336 e. The van der Waals surface area contributed by atoms with E-state index in [1.807, 2.05) is 6.92 Å². The van der Waals surface area contributed by atoms with Gasteiger partial charge in [-0.3, -0.25) is 4.79 Å². The number of carbonyl (C=O) groups excluding carboxylic acids is 2. The molecule has 0 radical (unpaired) electrons. The Kier molecular flexibility index (Phi) is 7.92. The molecule has 7 nitrogen and oxygen atoms in total. The first-order valence-electron chi connectivity index (χ1n) is 9.05. The summed E-state index contributed by atoms with van der Waals surface area (Å²) in [6.45, 7) is 3.53. The van der Waals surface area contributed by atoms with Crippen molar-refractivity contribution in [1.82, 2.24) is 5.32 Å². The van der Waals surface area contributed by atoms with Gasteiger partial charge in [-0.05, 0) is 49.3 Å². The number of carbonyl (C=O) groups is 2. The largest absolute Gasteiger partial charge is 0.548 e. The van der Waals surface area contributed by atoms with Gasteiger partial charge in [0.05, 0.1) is 17.4 Å². The molecule has 0 aliphatic carbocycles. The van der Waals surface area contributed by atoms with Gasteiger partial charge in [0, 0.05) is 11.8 Å². The Bertz CT molecular complexity index is 907. The minimum atomic E-state index is -1.34. The molecule has 152 valence electrons. The molecular weight excluding hydrogens is 382 g/mol. The number of aryl methyl sites for hydroxylation is 2. The Morgan fingerprint density at radius 2 is 2.07 bits per heavy atom. The molecule has 0 unspecified atom stereocenters. The highest BCUT2D eigenvalue weighted by Crippen LogP contribution is 2.30. The number of fused-ring (bicyclic) bond motifs is 1. The molecule has 2 aromatic rings. The fraction of sp³-hybridized carbons (Fsp3) is 0.450. The molecule has 0 saturated carbocycles. The van der Waals surface area contributed by atoms with E-state index in [4.69, 9.17) is 9.15 Å². The minimum Gasteiger partial charge on any atom is -0.548 e. The zero-order valence-corrected chi connectivity index (χ0v) is 17.0. The van der Waals surface area contributed by atoms with E-state index < -0.39 is 23.5 Å². The molecule has 1 aromatic carbocycles. The highest BCUT2D eigenvalue weighted by atomic mass is 32.2. The van der Waals surface area contributed by atoms with Gasteiger partial charge >= 0.3 is 5.63 Å². The third-order valence-corrected chi connectivity index (χ3v) is 4.81. The molecule has 0 saturated heterocycles. The number of ether oxygens (including phenoxy) is 1. The van der Waals surface area contributed by atoms with E-state index in [0.717, 1.165) is 24.0 Å². The van der Waals surface area contributed by atoms with Gasteiger partial charge in [0.15, 0.2) is 6.61 Å². The zero-order chi connectivity index (χ0) is 20.7. The second-order valence-electron chi connectivity index (χ2n) is 6.51. The average Bonchev–Trinajstić information content (AvgIpc) is 2.63. The zero-order valence-electron chi connectivity index (χ0n) is 16.2. The summed E-state index contributed by atoms with van der Waals surface area (Å²) in [6.07, 6.45) is 4.29. The van der Waals surface area contributed by atoms with Crippen molar-refractivity contribution in [2.75, 3.05) is 18.6 Å². The number of aliphatic carboxylic acids is 1. The molecule has 0 fully saturated rings. The monoisotopic (exact) mass is 406 g/mol. The maximum atomic E-state index is 12.1. The number of hydrogen-bond acceptors (Lipinski definition) is 7. The SMILES string of the molecule is CCCCc1cc(=O)oc2cc(C)cc(OCC(=O)N[C@@H](CSC)C(=O)[O-])c12. The highest BCUT2D eigenvalue weighted by Gasteiger charge is 2.16. The summed E-state index contributed by atoms with van der Waals surface area (Å²) in [5, 5.41) is 14.1. The Hall–Kier alpha value is -2.48. The van der Waals surface area contributed by atoms with Gasteiger partial charge in [0.2, 0.25) is 0 Å². The van der Waals surface area contributed by atoms with Crippen LogP contribution in [0.4, 0.5) is 0 Å². The number of nitrogens with one attached hydrogen (secondary N) is 1. The van der Waals surface area contributed by atoms with Crippen molar-refractivity contribution >= 4 is 34.6 Å².